The van der Waals surface area contributed by atoms with Crippen molar-refractivity contribution in [3.63, 3.8) is 0 Å². The number of nitrogens with zero attached hydrogens (tertiary/aromatic N) is 1. The molecule has 2 rings (SSSR count). The van der Waals surface area contributed by atoms with Gasteiger partial charge >= 0.3 is 0 Å². The molecule has 0 saturated carbocycles. The van der Waals surface area contributed by atoms with Gasteiger partial charge in [0.25, 0.3) is 0 Å². The van der Waals surface area contributed by atoms with Gasteiger partial charge < -0.3 is 10.4 Å². The highest BCUT2D eigenvalue weighted by atomic mass is 35.5. The number of benzene rings is 1. The third kappa shape index (κ3) is 4.10. The molecule has 1 unspecified atom stereocenters. The molecule has 1 atom stereocenters. The number of rotatable bonds is 5. The van der Waals surface area contributed by atoms with Gasteiger partial charge in [-0.3, -0.25) is 4.90 Å². The maximum absolute atomic E-state index is 9.47. The molecule has 1 aliphatic heterocycles. The predicted octanol–water partition coefficient (Wildman–Crippen LogP) is 3.01. The molecule has 0 amide bonds. The summed E-state index contributed by atoms with van der Waals surface area (Å²) >= 11 is 5.98. The van der Waals surface area contributed by atoms with Gasteiger partial charge in [0.2, 0.25) is 0 Å². The van der Waals surface area contributed by atoms with Crippen LogP contribution in [0.3, 0.4) is 0 Å². The summed E-state index contributed by atoms with van der Waals surface area (Å²) in [6.45, 7) is 6.44. The number of halogens is 1. The monoisotopic (exact) mass is 282 g/mol. The minimum absolute atomic E-state index is 0.159. The van der Waals surface area contributed by atoms with Gasteiger partial charge in [0.05, 0.1) is 5.02 Å². The maximum Gasteiger partial charge on any atom is 0.134 e. The Hall–Kier alpha value is -0.770. The van der Waals surface area contributed by atoms with Crippen molar-refractivity contribution in [1.82, 2.24) is 10.2 Å². The minimum Gasteiger partial charge on any atom is -0.506 e. The first-order chi connectivity index (χ1) is 9.20. The molecular formula is C15H23ClN2O. The topological polar surface area (TPSA) is 35.5 Å². The molecule has 0 radical (unpaired) electrons. The minimum atomic E-state index is 0.159. The van der Waals surface area contributed by atoms with Gasteiger partial charge in [0, 0.05) is 19.1 Å². The van der Waals surface area contributed by atoms with Gasteiger partial charge in [-0.15, -0.1) is 0 Å². The van der Waals surface area contributed by atoms with E-state index in [9.17, 15) is 5.11 Å². The highest BCUT2D eigenvalue weighted by Gasteiger charge is 2.20. The summed E-state index contributed by atoms with van der Waals surface area (Å²) in [5.74, 6) is 0.159. The number of hydrogen-bond donors (Lipinski definition) is 2. The molecule has 1 aromatic rings. The lowest BCUT2D eigenvalue weighted by Gasteiger charge is -2.34. The Morgan fingerprint density at radius 2 is 2.32 bits per heavy atom. The molecule has 0 spiro atoms. The molecule has 1 aromatic carbocycles. The van der Waals surface area contributed by atoms with E-state index in [2.05, 4.69) is 17.1 Å². The largest absolute Gasteiger partial charge is 0.506 e. The molecule has 4 heteroatoms. The van der Waals surface area contributed by atoms with Crippen molar-refractivity contribution in [2.45, 2.75) is 38.8 Å². The molecule has 1 heterocycles. The lowest BCUT2D eigenvalue weighted by molar-refractivity contribution is 0.158. The highest BCUT2D eigenvalue weighted by molar-refractivity contribution is 6.32. The summed E-state index contributed by atoms with van der Waals surface area (Å²) in [7, 11) is 0. The van der Waals surface area contributed by atoms with Crippen molar-refractivity contribution >= 4 is 11.6 Å². The van der Waals surface area contributed by atoms with Gasteiger partial charge in [-0.2, -0.15) is 0 Å². The van der Waals surface area contributed by atoms with Crippen molar-refractivity contribution in [2.24, 2.45) is 0 Å². The highest BCUT2D eigenvalue weighted by Crippen LogP contribution is 2.25. The number of piperidine rings is 1. The van der Waals surface area contributed by atoms with Crippen LogP contribution in [0.15, 0.2) is 18.2 Å². The predicted molar refractivity (Wildman–Crippen MR) is 79.7 cm³/mol. The fraction of sp³-hybridized carbons (Fsp3) is 0.600. The van der Waals surface area contributed by atoms with E-state index in [1.54, 1.807) is 6.07 Å². The Morgan fingerprint density at radius 1 is 1.47 bits per heavy atom. The quantitative estimate of drug-likeness (QED) is 0.871. The van der Waals surface area contributed by atoms with Crippen LogP contribution in [0, 0.1) is 0 Å². The van der Waals surface area contributed by atoms with Crippen LogP contribution >= 0.6 is 11.6 Å². The van der Waals surface area contributed by atoms with Gasteiger partial charge in [-0.25, -0.2) is 0 Å². The molecule has 3 nitrogen and oxygen atoms in total. The fourth-order valence-electron chi connectivity index (χ4n) is 2.71. The number of aromatic hydroxyl groups is 1. The standard InChI is InChI=1S/C15H23ClN2O/c1-2-8-18(13-4-3-7-17-10-13)11-12-5-6-15(19)14(16)9-12/h5-6,9,13,17,19H,2-4,7-8,10-11H2,1H3. The van der Waals surface area contributed by atoms with Crippen LogP contribution in [-0.2, 0) is 6.54 Å². The molecule has 19 heavy (non-hydrogen) atoms. The summed E-state index contributed by atoms with van der Waals surface area (Å²) in [6, 6.07) is 6.12. The van der Waals surface area contributed by atoms with Crippen LogP contribution < -0.4 is 5.32 Å². The van der Waals surface area contributed by atoms with E-state index in [0.717, 1.165) is 32.6 Å². The van der Waals surface area contributed by atoms with Gasteiger partial charge in [-0.05, 0) is 50.0 Å². The van der Waals surface area contributed by atoms with E-state index < -0.39 is 0 Å². The van der Waals surface area contributed by atoms with Crippen molar-refractivity contribution in [3.8, 4) is 5.75 Å². The molecule has 1 fully saturated rings. The van der Waals surface area contributed by atoms with Crippen molar-refractivity contribution in [2.75, 3.05) is 19.6 Å². The number of hydrogen-bond acceptors (Lipinski definition) is 3. The Kier molecular flexibility index (Phi) is 5.49. The molecule has 106 valence electrons. The smallest absolute Gasteiger partial charge is 0.134 e. The summed E-state index contributed by atoms with van der Waals surface area (Å²) in [5.41, 5.74) is 1.17. The van der Waals surface area contributed by atoms with Crippen LogP contribution in [0.1, 0.15) is 31.7 Å². The lowest BCUT2D eigenvalue weighted by Crippen LogP contribution is -2.45. The average molecular weight is 283 g/mol. The number of nitrogens with one attached hydrogen (secondary N) is 1. The first-order valence-corrected chi connectivity index (χ1v) is 7.50. The average Bonchev–Trinajstić information content (AvgIpc) is 2.43. The summed E-state index contributed by atoms with van der Waals surface area (Å²) in [6.07, 6.45) is 3.67. The normalized spacial score (nSPS) is 19.8. The molecule has 0 aromatic heterocycles. The number of phenols is 1. The lowest BCUT2D eigenvalue weighted by atomic mass is 10.0. The SMILES string of the molecule is CCCN(Cc1ccc(O)c(Cl)c1)C1CCCNC1. The zero-order valence-corrected chi connectivity index (χ0v) is 12.3. The second-order valence-electron chi connectivity index (χ2n) is 5.26. The van der Waals surface area contributed by atoms with Crippen LogP contribution in [0.2, 0.25) is 5.02 Å². The van der Waals surface area contributed by atoms with E-state index in [0.29, 0.717) is 11.1 Å². The third-order valence-electron chi connectivity index (χ3n) is 3.70. The molecular weight excluding hydrogens is 260 g/mol. The molecule has 1 aliphatic rings. The fourth-order valence-corrected chi connectivity index (χ4v) is 2.91. The Bertz CT molecular complexity index is 405. The molecule has 2 N–H and O–H groups in total. The zero-order chi connectivity index (χ0) is 13.7. The van der Waals surface area contributed by atoms with E-state index in [1.807, 2.05) is 12.1 Å². The van der Waals surface area contributed by atoms with Crippen LogP contribution in [0.4, 0.5) is 0 Å². The van der Waals surface area contributed by atoms with Crippen LogP contribution in [-0.4, -0.2) is 35.7 Å². The van der Waals surface area contributed by atoms with E-state index in [1.165, 1.54) is 18.4 Å². The van der Waals surface area contributed by atoms with Crippen LogP contribution in [0.5, 0.6) is 5.75 Å². The van der Waals surface area contributed by atoms with E-state index in [4.69, 9.17) is 11.6 Å². The van der Waals surface area contributed by atoms with Crippen molar-refractivity contribution in [1.29, 1.82) is 0 Å². The Balaban J connectivity index is 2.04. The molecule has 0 aliphatic carbocycles. The second kappa shape index (κ2) is 7.13. The summed E-state index contributed by atoms with van der Waals surface area (Å²) in [5, 5.41) is 13.4. The molecule has 1 saturated heterocycles. The maximum atomic E-state index is 9.47. The Morgan fingerprint density at radius 3 is 2.95 bits per heavy atom. The summed E-state index contributed by atoms with van der Waals surface area (Å²) < 4.78 is 0. The van der Waals surface area contributed by atoms with Gasteiger partial charge in [0.15, 0.2) is 0 Å². The third-order valence-corrected chi connectivity index (χ3v) is 4.00. The van der Waals surface area contributed by atoms with E-state index in [-0.39, 0.29) is 5.75 Å². The molecule has 0 bridgehead atoms. The van der Waals surface area contributed by atoms with Gasteiger partial charge in [0.1, 0.15) is 5.75 Å². The first-order valence-electron chi connectivity index (χ1n) is 7.13. The van der Waals surface area contributed by atoms with Gasteiger partial charge in [-0.1, -0.05) is 24.6 Å². The van der Waals surface area contributed by atoms with Crippen molar-refractivity contribution in [3.05, 3.63) is 28.8 Å². The van der Waals surface area contributed by atoms with Crippen LogP contribution in [0.25, 0.3) is 0 Å². The second-order valence-corrected chi connectivity index (χ2v) is 5.66. The Labute approximate surface area is 120 Å². The first kappa shape index (κ1) is 14.6. The number of phenolic OH excluding ortho intramolecular Hbond substituents is 1. The van der Waals surface area contributed by atoms with E-state index >= 15 is 0 Å². The van der Waals surface area contributed by atoms with Crippen molar-refractivity contribution < 1.29 is 5.11 Å². The zero-order valence-electron chi connectivity index (χ0n) is 11.5. The summed E-state index contributed by atoms with van der Waals surface area (Å²) in [4.78, 5) is 2.52.